The molecule has 0 atom stereocenters. The zero-order valence-electron chi connectivity index (χ0n) is 81.7. The predicted molar refractivity (Wildman–Crippen MR) is 648 cm³/mol. The zero-order chi connectivity index (χ0) is 98.4. The van der Waals surface area contributed by atoms with E-state index in [0.29, 0.717) is 0 Å². The average molecular weight is 1950 g/mol. The molecule has 0 fully saturated rings. The molecule has 28 rings (SSSR count). The van der Waals surface area contributed by atoms with Gasteiger partial charge in [-0.25, -0.2) is 0 Å². The molecule has 0 radical (unpaired) electrons. The van der Waals surface area contributed by atoms with E-state index in [1.807, 2.05) is 49.6 Å². The Balaban J connectivity index is 0.000000103. The van der Waals surface area contributed by atoms with E-state index in [1.165, 1.54) is 260 Å². The van der Waals surface area contributed by atoms with Gasteiger partial charge in [-0.15, -0.1) is 0 Å². The van der Waals surface area contributed by atoms with Crippen LogP contribution in [-0.4, -0.2) is 58.0 Å². The quantitative estimate of drug-likeness (QED) is 0.0550. The first-order valence-corrected chi connectivity index (χ1v) is 56.7. The fraction of sp³-hybridized carbons (Fsp3) is 0. The lowest BCUT2D eigenvalue weighted by molar-refractivity contribution is 1.33. The Labute approximate surface area is 870 Å². The second kappa shape index (κ2) is 41.3. The zero-order valence-corrected chi connectivity index (χ0v) is 87.4. The second-order valence-electron chi connectivity index (χ2n) is 38.4. The van der Waals surface area contributed by atoms with Crippen molar-refractivity contribution in [2.75, 3.05) is 0 Å². The summed E-state index contributed by atoms with van der Waals surface area (Å²) in [5, 5.41) is 42.6. The van der Waals surface area contributed by atoms with Gasteiger partial charge in [-0.3, -0.25) is 19.9 Å². The average Bonchev–Trinajstić information content (AvgIpc) is 0.710. The van der Waals surface area contributed by atoms with Crippen molar-refractivity contribution in [1.29, 1.82) is 0 Å². The number of hydrogen-bond donors (Lipinski definition) is 0. The molecule has 8 heteroatoms. The highest BCUT2D eigenvalue weighted by atomic mass is 28.2. The van der Waals surface area contributed by atoms with E-state index >= 15 is 0 Å². The van der Waals surface area contributed by atoms with Crippen molar-refractivity contribution in [2.45, 2.75) is 0 Å². The Morgan fingerprint density at radius 2 is 0.358 bits per heavy atom. The van der Waals surface area contributed by atoms with Crippen LogP contribution in [-0.2, 0) is 0 Å². The number of fused-ring (bicyclic) bond motifs is 13. The van der Waals surface area contributed by atoms with E-state index in [1.54, 1.807) is 0 Å². The SMILES string of the molecule is c1ccc([SiH2]c2ccc3c(-c4cc5ccccc5c5ccccc45)c4ccccc4c(-c4ccncc4)c3c2)cc1.c1ccc([SiH2]c2ccc3c(-c4ccncc4)c4ccccc4c(-c4ccc5ccccc5c4)c3c2)cc1.c1ccc([SiH2]c2ccc3c(-c4ccncc4)c4ccccc4c(-c4cccc5ccccc45)c3c2)cc1.c1ccc([SiH2]c2ccc3c(-c4ccncc4)c4ccccc4c(-c4ccccc4)c3c2)cc1. The van der Waals surface area contributed by atoms with Crippen molar-refractivity contribution < 1.29 is 0 Å². The first-order valence-electron chi connectivity index (χ1n) is 51.1. The van der Waals surface area contributed by atoms with E-state index in [0.717, 1.165) is 0 Å². The maximum absolute atomic E-state index is 4.34. The molecule has 0 bridgehead atoms. The Bertz CT molecular complexity index is 9810. The van der Waals surface area contributed by atoms with Crippen LogP contribution < -0.4 is 41.5 Å². The van der Waals surface area contributed by atoms with Crippen molar-refractivity contribution in [1.82, 2.24) is 19.9 Å². The summed E-state index contributed by atoms with van der Waals surface area (Å²) >= 11 is 0. The topological polar surface area (TPSA) is 51.6 Å². The van der Waals surface area contributed by atoms with Gasteiger partial charge in [-0.05, 0) is 279 Å². The van der Waals surface area contributed by atoms with E-state index in [9.17, 15) is 0 Å². The summed E-state index contributed by atoms with van der Waals surface area (Å²) in [4.78, 5) is 17.2. The standard InChI is InChI=1S/C39H27NSi.2C35H25NSi.C31H23NSi/c1-2-11-28(12-3-1)41-29-18-19-35-37(25-29)38(26-20-22-40-23-21-26)33-16-8-9-17-34(33)39(35)36-24-27-10-4-5-13-30(27)31-14-6-7-15-32(31)36;1-2-11-26(12-3-1)37-27-17-18-32-33(23-27)35(29-16-8-10-24-9-4-5-13-28(24)29)31-15-7-6-14-30(31)34(32)25-19-21-36-22-20-25;1-2-10-28(11-3-1)37-29-16-17-32-33(23-29)35(27-15-14-24-8-4-5-9-26(24)22-27)31-13-7-6-12-30(31)34(32)25-18-20-36-21-19-25;1-3-9-22(10-4-1)31-27-14-8-7-13-26(27)30(23-17-19-32-20-18-23)28-16-15-25(21-29(28)31)33-24-11-5-2-6-12-24/h1-25H,41H2;2*1-23H,37H2;1-21H,33H2. The van der Waals surface area contributed by atoms with Gasteiger partial charge >= 0.3 is 0 Å². The lowest BCUT2D eigenvalue weighted by Gasteiger charge is -2.20. The third-order valence-corrected chi connectivity index (χ3v) is 36.3. The molecular weight excluding hydrogens is 1850 g/mol. The van der Waals surface area contributed by atoms with E-state index in [-0.39, 0.29) is 0 Å². The van der Waals surface area contributed by atoms with Gasteiger partial charge in [0.25, 0.3) is 0 Å². The summed E-state index contributed by atoms with van der Waals surface area (Å²) in [7, 11) is -2.36. The lowest BCUT2D eigenvalue weighted by atomic mass is 9.84. The van der Waals surface area contributed by atoms with Gasteiger partial charge in [0.2, 0.25) is 0 Å². The molecule has 0 aliphatic carbocycles. The molecule has 0 aliphatic heterocycles. The number of nitrogens with zero attached hydrogens (tertiary/aromatic N) is 4. The minimum atomic E-state index is -0.619. The van der Waals surface area contributed by atoms with Gasteiger partial charge in [-0.1, -0.05) is 490 Å². The number of benzene rings is 24. The van der Waals surface area contributed by atoms with Crippen LogP contribution in [0.15, 0.2) is 559 Å². The number of hydrogen-bond acceptors (Lipinski definition) is 4. The Morgan fingerprint density at radius 3 is 0.736 bits per heavy atom. The molecule has 4 nitrogen and oxygen atoms in total. The molecule has 0 aliphatic rings. The van der Waals surface area contributed by atoms with Gasteiger partial charge in [0.15, 0.2) is 0 Å². The monoisotopic (exact) mass is 1950 g/mol. The summed E-state index contributed by atoms with van der Waals surface area (Å²) in [6, 6.07) is 187. The van der Waals surface area contributed by atoms with Gasteiger partial charge in [0.05, 0.1) is 38.1 Å². The van der Waals surface area contributed by atoms with Crippen LogP contribution >= 0.6 is 0 Å². The number of rotatable bonds is 16. The van der Waals surface area contributed by atoms with Crippen LogP contribution in [0.4, 0.5) is 0 Å². The molecule has 0 saturated heterocycles. The minimum Gasteiger partial charge on any atom is -0.265 e. The van der Waals surface area contributed by atoms with Crippen molar-refractivity contribution in [3.05, 3.63) is 559 Å². The Kier molecular flexibility index (Phi) is 25.4. The molecular formula is C140H100N4Si4. The predicted octanol–water partition coefficient (Wildman–Crippen LogP) is 28.0. The molecule has 4 heterocycles. The summed E-state index contributed by atoms with van der Waals surface area (Å²) in [5.74, 6) is 0. The second-order valence-corrected chi connectivity index (χ2v) is 46.4. The van der Waals surface area contributed by atoms with Crippen molar-refractivity contribution in [3.63, 3.8) is 0 Å². The van der Waals surface area contributed by atoms with Crippen LogP contribution in [0.2, 0.25) is 0 Å². The molecule has 28 aromatic rings. The maximum atomic E-state index is 4.34. The first-order chi connectivity index (χ1) is 73.4. The molecule has 696 valence electrons. The van der Waals surface area contributed by atoms with Gasteiger partial charge in [0, 0.05) is 49.6 Å². The normalized spacial score (nSPS) is 11.7. The summed E-state index contributed by atoms with van der Waals surface area (Å²) in [5.41, 5.74) is 20.3. The third-order valence-electron chi connectivity index (χ3n) is 29.4. The lowest BCUT2D eigenvalue weighted by Crippen LogP contribution is -2.26. The van der Waals surface area contributed by atoms with Gasteiger partial charge in [-0.2, -0.15) is 0 Å². The molecule has 148 heavy (non-hydrogen) atoms. The van der Waals surface area contributed by atoms with Crippen LogP contribution in [0, 0.1) is 0 Å². The van der Waals surface area contributed by atoms with Crippen LogP contribution in [0.25, 0.3) is 218 Å². The van der Waals surface area contributed by atoms with Crippen LogP contribution in [0.3, 0.4) is 0 Å². The van der Waals surface area contributed by atoms with E-state index in [2.05, 4.69) is 530 Å². The minimum absolute atomic E-state index is 0.555. The molecule has 0 saturated carbocycles. The summed E-state index contributed by atoms with van der Waals surface area (Å²) in [6.45, 7) is 0. The van der Waals surface area contributed by atoms with E-state index in [4.69, 9.17) is 0 Å². The molecule has 24 aromatic carbocycles. The summed E-state index contributed by atoms with van der Waals surface area (Å²) < 4.78 is 0. The molecule has 4 aromatic heterocycles. The third kappa shape index (κ3) is 18.1. The molecule has 0 spiro atoms. The number of aromatic nitrogens is 4. The first kappa shape index (κ1) is 91.1. The fourth-order valence-corrected chi connectivity index (χ4v) is 28.9. The van der Waals surface area contributed by atoms with Crippen LogP contribution in [0.5, 0.6) is 0 Å². The Morgan fingerprint density at radius 1 is 0.108 bits per heavy atom. The highest BCUT2D eigenvalue weighted by molar-refractivity contribution is 6.69. The smallest absolute Gasteiger partial charge is 0.0875 e. The van der Waals surface area contributed by atoms with Crippen molar-refractivity contribution in [2.24, 2.45) is 0 Å². The highest BCUT2D eigenvalue weighted by Crippen LogP contribution is 2.51. The van der Waals surface area contributed by atoms with Crippen molar-refractivity contribution in [3.8, 4) is 89.0 Å². The fourth-order valence-electron chi connectivity index (χ4n) is 22.8. The molecule has 0 amide bonds. The Hall–Kier alpha value is -18.1. The van der Waals surface area contributed by atoms with Gasteiger partial charge in [0.1, 0.15) is 0 Å². The number of pyridine rings is 4. The summed E-state index contributed by atoms with van der Waals surface area (Å²) in [6.07, 6.45) is 15.2. The largest absolute Gasteiger partial charge is 0.265 e. The van der Waals surface area contributed by atoms with E-state index < -0.39 is 38.1 Å². The molecule has 0 unspecified atom stereocenters. The maximum Gasteiger partial charge on any atom is 0.0875 e. The van der Waals surface area contributed by atoms with Gasteiger partial charge < -0.3 is 0 Å². The molecule has 0 N–H and O–H groups in total. The highest BCUT2D eigenvalue weighted by Gasteiger charge is 2.26. The van der Waals surface area contributed by atoms with Crippen LogP contribution in [0.1, 0.15) is 0 Å². The van der Waals surface area contributed by atoms with Crippen molar-refractivity contribution >= 4 is 209 Å².